The molecule has 0 spiro atoms. The average molecular weight is 554 g/mol. The number of methoxy groups -OCH3 is 1. The Balaban J connectivity index is 0.00000363. The summed E-state index contributed by atoms with van der Waals surface area (Å²) in [5.41, 5.74) is 2.02. The number of nitrogens with zero attached hydrogens (tertiary/aromatic N) is 4. The Morgan fingerprint density at radius 3 is 2.56 bits per heavy atom. The van der Waals surface area contributed by atoms with Gasteiger partial charge in [-0.15, -0.1) is 24.0 Å². The van der Waals surface area contributed by atoms with Gasteiger partial charge in [-0.05, 0) is 50.7 Å². The van der Waals surface area contributed by atoms with Crippen LogP contribution in [-0.4, -0.2) is 69.3 Å². The smallest absolute Gasteiger partial charge is 0.196 e. The molecule has 0 saturated carbocycles. The van der Waals surface area contributed by atoms with Crippen LogP contribution in [0, 0.1) is 0 Å². The molecule has 0 aliphatic carbocycles. The maximum atomic E-state index is 5.68. The predicted octanol–water partition coefficient (Wildman–Crippen LogP) is 3.44. The van der Waals surface area contributed by atoms with Gasteiger partial charge in [-0.3, -0.25) is 0 Å². The first kappa shape index (κ1) is 26.0. The van der Waals surface area contributed by atoms with Crippen LogP contribution in [0.1, 0.15) is 19.4 Å². The minimum Gasteiger partial charge on any atom is -0.493 e. The van der Waals surface area contributed by atoms with Crippen LogP contribution >= 0.6 is 24.0 Å². The number of hydrogen-bond donors (Lipinski definition) is 2. The Morgan fingerprint density at radius 1 is 1.09 bits per heavy atom. The number of rotatable bonds is 8. The molecule has 32 heavy (non-hydrogen) atoms. The number of anilines is 2. The van der Waals surface area contributed by atoms with E-state index < -0.39 is 0 Å². The van der Waals surface area contributed by atoms with Gasteiger partial charge in [-0.2, -0.15) is 0 Å². The summed E-state index contributed by atoms with van der Waals surface area (Å²) in [7, 11) is 3.80. The molecule has 1 aromatic carbocycles. The number of nitrogens with one attached hydrogen (secondary N) is 2. The number of pyridine rings is 1. The summed E-state index contributed by atoms with van der Waals surface area (Å²) in [6.45, 7) is 10.0. The second-order valence-corrected chi connectivity index (χ2v) is 7.43. The van der Waals surface area contributed by atoms with Crippen molar-refractivity contribution in [1.29, 1.82) is 0 Å². The lowest BCUT2D eigenvalue weighted by molar-refractivity contribution is 0.311. The molecule has 0 atom stereocenters. The lowest BCUT2D eigenvalue weighted by Gasteiger charge is -2.33. The molecule has 2 heterocycles. The Morgan fingerprint density at radius 2 is 1.88 bits per heavy atom. The zero-order valence-corrected chi connectivity index (χ0v) is 21.8. The van der Waals surface area contributed by atoms with Gasteiger partial charge in [0.25, 0.3) is 0 Å². The minimum atomic E-state index is 0. The van der Waals surface area contributed by atoms with Crippen molar-refractivity contribution in [2.24, 2.45) is 4.99 Å². The van der Waals surface area contributed by atoms with E-state index in [4.69, 9.17) is 14.5 Å². The van der Waals surface area contributed by atoms with E-state index in [0.29, 0.717) is 30.6 Å². The van der Waals surface area contributed by atoms with Crippen molar-refractivity contribution in [2.45, 2.75) is 20.4 Å². The van der Waals surface area contributed by atoms with Gasteiger partial charge in [-0.25, -0.2) is 9.98 Å². The van der Waals surface area contributed by atoms with Crippen LogP contribution in [0.4, 0.5) is 11.5 Å². The van der Waals surface area contributed by atoms with Crippen molar-refractivity contribution in [1.82, 2.24) is 15.2 Å². The molecule has 2 N–H and O–H groups in total. The molecule has 176 valence electrons. The third-order valence-electron chi connectivity index (χ3n) is 5.13. The molecule has 1 fully saturated rings. The van der Waals surface area contributed by atoms with Gasteiger partial charge in [0.1, 0.15) is 5.82 Å². The monoisotopic (exact) mass is 554 g/mol. The number of ether oxygens (including phenoxy) is 2. The van der Waals surface area contributed by atoms with E-state index in [-0.39, 0.29) is 24.0 Å². The fraction of sp³-hybridized carbons (Fsp3) is 0.478. The molecule has 0 unspecified atom stereocenters. The van der Waals surface area contributed by atoms with Crippen molar-refractivity contribution in [3.8, 4) is 11.5 Å². The molecule has 1 saturated heterocycles. The van der Waals surface area contributed by atoms with Crippen molar-refractivity contribution >= 4 is 41.4 Å². The summed E-state index contributed by atoms with van der Waals surface area (Å²) in [4.78, 5) is 14.0. The van der Waals surface area contributed by atoms with Crippen molar-refractivity contribution in [3.63, 3.8) is 0 Å². The summed E-state index contributed by atoms with van der Waals surface area (Å²) >= 11 is 0. The Labute approximate surface area is 208 Å². The molecule has 0 radical (unpaired) electrons. The van der Waals surface area contributed by atoms with Crippen LogP contribution < -0.4 is 25.0 Å². The van der Waals surface area contributed by atoms with Crippen molar-refractivity contribution in [2.75, 3.05) is 63.7 Å². The Hall–Kier alpha value is -2.27. The zero-order chi connectivity index (χ0) is 22.1. The number of aromatic nitrogens is 1. The average Bonchev–Trinajstić information content (AvgIpc) is 2.79. The molecule has 1 aliphatic rings. The number of likely N-dealkylation sites (N-methyl/N-ethyl adjacent to an activating group) is 1. The number of hydrogen-bond acceptors (Lipinski definition) is 6. The van der Waals surface area contributed by atoms with Gasteiger partial charge < -0.3 is 29.9 Å². The fourth-order valence-corrected chi connectivity index (χ4v) is 3.40. The quantitative estimate of drug-likeness (QED) is 0.294. The Bertz CT molecular complexity index is 871. The maximum absolute atomic E-state index is 5.68. The number of piperazine rings is 1. The number of halogens is 1. The van der Waals surface area contributed by atoms with Crippen molar-refractivity contribution < 1.29 is 9.47 Å². The fourth-order valence-electron chi connectivity index (χ4n) is 3.40. The summed E-state index contributed by atoms with van der Waals surface area (Å²) in [5.74, 6) is 3.16. The minimum absolute atomic E-state index is 0. The molecule has 3 rings (SSSR count). The second kappa shape index (κ2) is 13.3. The second-order valence-electron chi connectivity index (χ2n) is 7.43. The van der Waals surface area contributed by atoms with E-state index in [1.807, 2.05) is 37.4 Å². The third kappa shape index (κ3) is 7.40. The standard InChI is InChI=1S/C23H34N6O2.HI/c1-5-24-23(27-19-7-8-20(30-4)21(16-19)31-6-2)26-17-18-9-10-25-22(15-18)29-13-11-28(3)12-14-29;/h7-10,15-16H,5-6,11-14,17H2,1-4H3,(H2,24,26,27);1H. The van der Waals surface area contributed by atoms with Crippen molar-refractivity contribution in [3.05, 3.63) is 42.1 Å². The summed E-state index contributed by atoms with van der Waals surface area (Å²) in [5, 5.41) is 6.65. The highest BCUT2D eigenvalue weighted by molar-refractivity contribution is 14.0. The highest BCUT2D eigenvalue weighted by Crippen LogP contribution is 2.30. The third-order valence-corrected chi connectivity index (χ3v) is 5.13. The first-order chi connectivity index (χ1) is 15.1. The van der Waals surface area contributed by atoms with E-state index >= 15 is 0 Å². The summed E-state index contributed by atoms with van der Waals surface area (Å²) < 4.78 is 11.0. The molecule has 8 nitrogen and oxygen atoms in total. The van der Waals surface area contributed by atoms with E-state index in [2.05, 4.69) is 45.5 Å². The van der Waals surface area contributed by atoms with Gasteiger partial charge in [-0.1, -0.05) is 0 Å². The van der Waals surface area contributed by atoms with Gasteiger partial charge in [0, 0.05) is 50.7 Å². The van der Waals surface area contributed by atoms with Crippen LogP contribution in [0.15, 0.2) is 41.5 Å². The van der Waals surface area contributed by atoms with E-state index in [0.717, 1.165) is 49.8 Å². The maximum Gasteiger partial charge on any atom is 0.196 e. The van der Waals surface area contributed by atoms with E-state index in [1.54, 1.807) is 7.11 Å². The number of benzene rings is 1. The van der Waals surface area contributed by atoms with Crippen LogP contribution in [0.2, 0.25) is 0 Å². The van der Waals surface area contributed by atoms with Gasteiger partial charge in [0.05, 0.1) is 20.3 Å². The molecule has 1 aromatic heterocycles. The molecule has 1 aliphatic heterocycles. The largest absolute Gasteiger partial charge is 0.493 e. The first-order valence-electron chi connectivity index (χ1n) is 10.9. The SMILES string of the molecule is CCNC(=NCc1ccnc(N2CCN(C)CC2)c1)Nc1ccc(OC)c(OCC)c1.I. The van der Waals surface area contributed by atoms with E-state index in [9.17, 15) is 0 Å². The molecule has 2 aromatic rings. The summed E-state index contributed by atoms with van der Waals surface area (Å²) in [6.07, 6.45) is 1.87. The Kier molecular flexibility index (Phi) is 10.8. The molecular weight excluding hydrogens is 519 g/mol. The normalized spacial score (nSPS) is 14.5. The number of guanidine groups is 1. The van der Waals surface area contributed by atoms with Gasteiger partial charge >= 0.3 is 0 Å². The number of aliphatic imine (C=N–C) groups is 1. The summed E-state index contributed by atoms with van der Waals surface area (Å²) in [6, 6.07) is 9.92. The lowest BCUT2D eigenvalue weighted by Crippen LogP contribution is -2.44. The highest BCUT2D eigenvalue weighted by atomic mass is 127. The van der Waals surface area contributed by atoms with Gasteiger partial charge in [0.2, 0.25) is 0 Å². The van der Waals surface area contributed by atoms with E-state index in [1.165, 1.54) is 0 Å². The zero-order valence-electron chi connectivity index (χ0n) is 19.4. The first-order valence-corrected chi connectivity index (χ1v) is 10.9. The molecular formula is C23H35IN6O2. The van der Waals surface area contributed by atoms with Crippen LogP contribution in [0.25, 0.3) is 0 Å². The van der Waals surface area contributed by atoms with Crippen LogP contribution in [0.3, 0.4) is 0 Å². The van der Waals surface area contributed by atoms with Gasteiger partial charge in [0.15, 0.2) is 17.5 Å². The molecule has 0 amide bonds. The van der Waals surface area contributed by atoms with Crippen LogP contribution in [0.5, 0.6) is 11.5 Å². The lowest BCUT2D eigenvalue weighted by atomic mass is 10.2. The highest BCUT2D eigenvalue weighted by Gasteiger charge is 2.15. The topological polar surface area (TPSA) is 74.3 Å². The molecule has 0 bridgehead atoms. The molecule has 9 heteroatoms. The predicted molar refractivity (Wildman–Crippen MR) is 142 cm³/mol. The van der Waals surface area contributed by atoms with Crippen LogP contribution in [-0.2, 0) is 6.54 Å².